The van der Waals surface area contributed by atoms with Crippen molar-refractivity contribution in [2.75, 3.05) is 19.7 Å². The van der Waals surface area contributed by atoms with Gasteiger partial charge >= 0.3 is 0 Å². The molecule has 1 aromatic rings. The van der Waals surface area contributed by atoms with Gasteiger partial charge in [-0.3, -0.25) is 4.79 Å². The third kappa shape index (κ3) is 3.20. The van der Waals surface area contributed by atoms with Crippen LogP contribution < -0.4 is 15.8 Å². The first-order chi connectivity index (χ1) is 7.69. The van der Waals surface area contributed by atoms with Crippen LogP contribution in [-0.2, 0) is 0 Å². The van der Waals surface area contributed by atoms with Gasteiger partial charge in [0.1, 0.15) is 18.2 Å². The number of halogens is 1. The Hall–Kier alpha value is -1.62. The maximum absolute atomic E-state index is 13.0. The quantitative estimate of drug-likeness (QED) is 0.784. The van der Waals surface area contributed by atoms with Crippen LogP contribution in [0.2, 0.25) is 0 Å². The molecule has 0 saturated carbocycles. The maximum atomic E-state index is 13.0. The largest absolute Gasteiger partial charge is 0.491 e. The monoisotopic (exact) mass is 226 g/mol. The third-order valence-electron chi connectivity index (χ3n) is 1.90. The molecule has 3 N–H and O–H groups in total. The molecule has 0 fully saturated rings. The minimum Gasteiger partial charge on any atom is -0.491 e. The highest BCUT2D eigenvalue weighted by Gasteiger charge is 2.12. The molecule has 0 aliphatic carbocycles. The highest BCUT2D eigenvalue weighted by atomic mass is 19.1. The lowest BCUT2D eigenvalue weighted by Crippen LogP contribution is -2.24. The van der Waals surface area contributed by atoms with Crippen molar-refractivity contribution in [2.24, 2.45) is 5.73 Å². The molecular formula is C11H15FN2O2. The van der Waals surface area contributed by atoms with E-state index >= 15 is 0 Å². The van der Waals surface area contributed by atoms with Crippen LogP contribution in [0.3, 0.4) is 0 Å². The fourth-order valence-corrected chi connectivity index (χ4v) is 1.23. The number of ether oxygens (including phenoxy) is 1. The molecule has 0 aliphatic rings. The van der Waals surface area contributed by atoms with Gasteiger partial charge in [-0.05, 0) is 25.1 Å². The molecule has 0 heterocycles. The van der Waals surface area contributed by atoms with Crippen LogP contribution in [0.1, 0.15) is 17.3 Å². The van der Waals surface area contributed by atoms with Crippen LogP contribution in [0.4, 0.5) is 4.39 Å². The third-order valence-corrected chi connectivity index (χ3v) is 1.90. The van der Waals surface area contributed by atoms with E-state index in [1.54, 1.807) is 6.92 Å². The summed E-state index contributed by atoms with van der Waals surface area (Å²) in [6, 6.07) is 3.82. The summed E-state index contributed by atoms with van der Waals surface area (Å²) >= 11 is 0. The first-order valence-corrected chi connectivity index (χ1v) is 5.09. The molecule has 0 spiro atoms. The summed E-state index contributed by atoms with van der Waals surface area (Å²) in [5.41, 5.74) is 5.48. The van der Waals surface area contributed by atoms with Gasteiger partial charge in [-0.25, -0.2) is 4.39 Å². The molecule has 0 atom stereocenters. The van der Waals surface area contributed by atoms with Crippen molar-refractivity contribution in [3.63, 3.8) is 0 Å². The number of nitrogens with one attached hydrogen (secondary N) is 1. The van der Waals surface area contributed by atoms with Crippen LogP contribution in [-0.4, -0.2) is 25.6 Å². The topological polar surface area (TPSA) is 64.3 Å². The predicted molar refractivity (Wildman–Crippen MR) is 59.0 cm³/mol. The number of amides is 1. The summed E-state index contributed by atoms with van der Waals surface area (Å²) in [4.78, 5) is 11.6. The van der Waals surface area contributed by atoms with Gasteiger partial charge in [0, 0.05) is 13.1 Å². The zero-order chi connectivity index (χ0) is 12.0. The highest BCUT2D eigenvalue weighted by molar-refractivity contribution is 5.96. The molecule has 88 valence electrons. The van der Waals surface area contributed by atoms with Crippen molar-refractivity contribution in [1.29, 1.82) is 0 Å². The van der Waals surface area contributed by atoms with Crippen LogP contribution in [0, 0.1) is 5.82 Å². The number of nitrogens with two attached hydrogens (primary N) is 1. The first-order valence-electron chi connectivity index (χ1n) is 5.09. The van der Waals surface area contributed by atoms with Crippen LogP contribution >= 0.6 is 0 Å². The normalized spacial score (nSPS) is 9.94. The second-order valence-corrected chi connectivity index (χ2v) is 3.14. The molecule has 1 rings (SSSR count). The molecule has 0 unspecified atom stereocenters. The second-order valence-electron chi connectivity index (χ2n) is 3.14. The van der Waals surface area contributed by atoms with E-state index in [4.69, 9.17) is 10.5 Å². The van der Waals surface area contributed by atoms with E-state index in [0.717, 1.165) is 6.07 Å². The zero-order valence-corrected chi connectivity index (χ0v) is 9.13. The molecular weight excluding hydrogens is 211 g/mol. The minimum absolute atomic E-state index is 0.190. The number of carbonyl (C=O) groups is 1. The molecule has 0 radical (unpaired) electrons. The van der Waals surface area contributed by atoms with Crippen molar-refractivity contribution in [3.8, 4) is 5.75 Å². The Morgan fingerprint density at radius 3 is 2.94 bits per heavy atom. The lowest BCUT2D eigenvalue weighted by Gasteiger charge is -2.10. The van der Waals surface area contributed by atoms with Crippen molar-refractivity contribution in [1.82, 2.24) is 5.32 Å². The van der Waals surface area contributed by atoms with Crippen molar-refractivity contribution < 1.29 is 13.9 Å². The van der Waals surface area contributed by atoms with Gasteiger partial charge in [-0.15, -0.1) is 0 Å². The molecule has 5 heteroatoms. The first kappa shape index (κ1) is 12.4. The van der Waals surface area contributed by atoms with E-state index in [-0.39, 0.29) is 18.1 Å². The Kier molecular flexibility index (Phi) is 4.72. The number of benzene rings is 1. The Bertz CT molecular complexity index is 369. The second kappa shape index (κ2) is 6.07. The van der Waals surface area contributed by atoms with E-state index in [1.165, 1.54) is 12.1 Å². The summed E-state index contributed by atoms with van der Waals surface area (Å²) in [6.45, 7) is 2.90. The van der Waals surface area contributed by atoms with E-state index in [1.807, 2.05) is 0 Å². The molecule has 1 amide bonds. The van der Waals surface area contributed by atoms with Crippen LogP contribution in [0.15, 0.2) is 18.2 Å². The highest BCUT2D eigenvalue weighted by Crippen LogP contribution is 2.19. The van der Waals surface area contributed by atoms with Crippen LogP contribution in [0.5, 0.6) is 5.75 Å². The molecule has 4 nitrogen and oxygen atoms in total. The summed E-state index contributed by atoms with van der Waals surface area (Å²) in [6.07, 6.45) is 0. The van der Waals surface area contributed by atoms with E-state index in [9.17, 15) is 9.18 Å². The number of hydrogen-bond acceptors (Lipinski definition) is 3. The SMILES string of the molecule is CCNC(=O)c1cc(F)ccc1OCCN. The Labute approximate surface area is 93.6 Å². The minimum atomic E-state index is -0.471. The molecule has 0 aromatic heterocycles. The average molecular weight is 226 g/mol. The maximum Gasteiger partial charge on any atom is 0.255 e. The smallest absolute Gasteiger partial charge is 0.255 e. The van der Waals surface area contributed by atoms with Crippen molar-refractivity contribution >= 4 is 5.91 Å². The summed E-state index contributed by atoms with van der Waals surface area (Å²) in [5.74, 6) is -0.479. The van der Waals surface area contributed by atoms with Crippen molar-refractivity contribution in [3.05, 3.63) is 29.6 Å². The molecule has 0 saturated heterocycles. The Balaban J connectivity index is 2.93. The number of rotatable bonds is 5. The fraction of sp³-hybridized carbons (Fsp3) is 0.364. The number of hydrogen-bond donors (Lipinski definition) is 2. The van der Waals surface area contributed by atoms with E-state index < -0.39 is 5.82 Å². The van der Waals surface area contributed by atoms with Crippen LogP contribution in [0.25, 0.3) is 0 Å². The average Bonchev–Trinajstić information content (AvgIpc) is 2.27. The molecule has 16 heavy (non-hydrogen) atoms. The molecule has 0 bridgehead atoms. The lowest BCUT2D eigenvalue weighted by molar-refractivity contribution is 0.0951. The fourth-order valence-electron chi connectivity index (χ4n) is 1.23. The van der Waals surface area contributed by atoms with Crippen molar-refractivity contribution in [2.45, 2.75) is 6.92 Å². The lowest BCUT2D eigenvalue weighted by atomic mass is 10.2. The van der Waals surface area contributed by atoms with Gasteiger partial charge < -0.3 is 15.8 Å². The van der Waals surface area contributed by atoms with E-state index in [0.29, 0.717) is 18.8 Å². The van der Waals surface area contributed by atoms with Gasteiger partial charge in [-0.1, -0.05) is 0 Å². The zero-order valence-electron chi connectivity index (χ0n) is 9.13. The summed E-state index contributed by atoms with van der Waals surface area (Å²) < 4.78 is 18.3. The predicted octanol–water partition coefficient (Wildman–Crippen LogP) is 0.913. The standard InChI is InChI=1S/C11H15FN2O2/c1-2-14-11(15)9-7-8(12)3-4-10(9)16-6-5-13/h3-4,7H,2,5-6,13H2,1H3,(H,14,15). The summed E-state index contributed by atoms with van der Waals surface area (Å²) in [5, 5.41) is 2.59. The summed E-state index contributed by atoms with van der Waals surface area (Å²) in [7, 11) is 0. The van der Waals surface area contributed by atoms with Gasteiger partial charge in [-0.2, -0.15) is 0 Å². The number of carbonyl (C=O) groups excluding carboxylic acids is 1. The Morgan fingerprint density at radius 2 is 2.31 bits per heavy atom. The molecule has 0 aliphatic heterocycles. The van der Waals surface area contributed by atoms with Gasteiger partial charge in [0.05, 0.1) is 5.56 Å². The van der Waals surface area contributed by atoms with E-state index in [2.05, 4.69) is 5.32 Å². The van der Waals surface area contributed by atoms with Gasteiger partial charge in [0.2, 0.25) is 0 Å². The van der Waals surface area contributed by atoms with Gasteiger partial charge in [0.15, 0.2) is 0 Å². The molecule has 1 aromatic carbocycles. The van der Waals surface area contributed by atoms with Gasteiger partial charge in [0.25, 0.3) is 5.91 Å². The Morgan fingerprint density at radius 1 is 1.56 bits per heavy atom.